The van der Waals surface area contributed by atoms with Crippen LogP contribution in [0.5, 0.6) is 0 Å². The summed E-state index contributed by atoms with van der Waals surface area (Å²) in [4.78, 5) is 13.6. The Bertz CT molecular complexity index is 358. The molecule has 1 aromatic carbocycles. The van der Waals surface area contributed by atoms with Gasteiger partial charge in [0.05, 0.1) is 5.92 Å². The summed E-state index contributed by atoms with van der Waals surface area (Å²) >= 11 is 0. The maximum absolute atomic E-state index is 11.3. The summed E-state index contributed by atoms with van der Waals surface area (Å²) in [6.07, 6.45) is 3.21. The van der Waals surface area contributed by atoms with E-state index < -0.39 is 5.97 Å². The lowest BCUT2D eigenvalue weighted by atomic mass is 9.96. The molecule has 3 nitrogen and oxygen atoms in total. The summed E-state index contributed by atoms with van der Waals surface area (Å²) in [5.74, 6) is -1.08. The molecule has 0 spiro atoms. The minimum absolute atomic E-state index is 0.364. The van der Waals surface area contributed by atoms with Crippen LogP contribution in [0.3, 0.4) is 0 Å². The molecule has 1 aromatic rings. The van der Waals surface area contributed by atoms with Gasteiger partial charge in [-0.15, -0.1) is 0 Å². The number of carboxylic acids is 1. The van der Waals surface area contributed by atoms with Crippen molar-refractivity contribution in [3.05, 3.63) is 35.9 Å². The maximum Gasteiger partial charge on any atom is 0.311 e. The van der Waals surface area contributed by atoms with Crippen molar-refractivity contribution < 1.29 is 9.90 Å². The zero-order valence-corrected chi connectivity index (χ0v) is 10.0. The van der Waals surface area contributed by atoms with E-state index in [0.717, 1.165) is 25.2 Å². The second-order valence-corrected chi connectivity index (χ2v) is 4.64. The van der Waals surface area contributed by atoms with Crippen LogP contribution in [-0.4, -0.2) is 35.6 Å². The fourth-order valence-corrected chi connectivity index (χ4v) is 2.44. The zero-order valence-electron chi connectivity index (χ0n) is 10.0. The van der Waals surface area contributed by atoms with Gasteiger partial charge in [-0.3, -0.25) is 4.79 Å². The Hall–Kier alpha value is -1.35. The molecule has 1 atom stereocenters. The second-order valence-electron chi connectivity index (χ2n) is 4.64. The van der Waals surface area contributed by atoms with E-state index in [-0.39, 0.29) is 5.92 Å². The van der Waals surface area contributed by atoms with Gasteiger partial charge in [0.25, 0.3) is 0 Å². The smallest absolute Gasteiger partial charge is 0.311 e. The van der Waals surface area contributed by atoms with Gasteiger partial charge < -0.3 is 10.0 Å². The van der Waals surface area contributed by atoms with E-state index in [0.29, 0.717) is 6.42 Å². The first-order valence-corrected chi connectivity index (χ1v) is 6.27. The molecule has 1 N–H and O–H groups in total. The Morgan fingerprint density at radius 1 is 1.24 bits per heavy atom. The van der Waals surface area contributed by atoms with Gasteiger partial charge in [0.2, 0.25) is 0 Å². The standard InChI is InChI=1S/C14H19NO2/c16-14(17)13(12-6-2-1-3-7-12)8-11-15-9-4-5-10-15/h1-3,6-7,13H,4-5,8-11H2,(H,16,17). The highest BCUT2D eigenvalue weighted by atomic mass is 16.4. The van der Waals surface area contributed by atoms with Crippen molar-refractivity contribution in [2.45, 2.75) is 25.2 Å². The summed E-state index contributed by atoms with van der Waals surface area (Å²) < 4.78 is 0. The van der Waals surface area contributed by atoms with Gasteiger partial charge in [0.15, 0.2) is 0 Å². The van der Waals surface area contributed by atoms with Crippen LogP contribution in [0.4, 0.5) is 0 Å². The van der Waals surface area contributed by atoms with Crippen LogP contribution in [0.2, 0.25) is 0 Å². The van der Waals surface area contributed by atoms with E-state index in [1.807, 2.05) is 30.3 Å². The van der Waals surface area contributed by atoms with E-state index in [4.69, 9.17) is 0 Å². The highest BCUT2D eigenvalue weighted by Crippen LogP contribution is 2.21. The minimum Gasteiger partial charge on any atom is -0.481 e. The third-order valence-electron chi connectivity index (χ3n) is 3.43. The summed E-state index contributed by atoms with van der Waals surface area (Å²) in [6, 6.07) is 9.54. The minimum atomic E-state index is -0.713. The molecule has 1 saturated heterocycles. The molecule has 1 fully saturated rings. The molecule has 0 radical (unpaired) electrons. The number of likely N-dealkylation sites (tertiary alicyclic amines) is 1. The first kappa shape index (κ1) is 12.1. The first-order chi connectivity index (χ1) is 8.27. The Labute approximate surface area is 102 Å². The van der Waals surface area contributed by atoms with Crippen LogP contribution in [0, 0.1) is 0 Å². The molecular weight excluding hydrogens is 214 g/mol. The highest BCUT2D eigenvalue weighted by molar-refractivity contribution is 5.76. The lowest BCUT2D eigenvalue weighted by Gasteiger charge is -2.18. The van der Waals surface area contributed by atoms with Crippen LogP contribution in [0.1, 0.15) is 30.7 Å². The summed E-state index contributed by atoms with van der Waals surface area (Å²) in [7, 11) is 0. The van der Waals surface area contributed by atoms with Crippen molar-refractivity contribution in [1.82, 2.24) is 4.90 Å². The fourth-order valence-electron chi connectivity index (χ4n) is 2.44. The average Bonchev–Trinajstić information content (AvgIpc) is 2.83. The van der Waals surface area contributed by atoms with Crippen LogP contribution in [0.25, 0.3) is 0 Å². The number of aliphatic carboxylic acids is 1. The molecule has 0 amide bonds. The van der Waals surface area contributed by atoms with Gasteiger partial charge in [0, 0.05) is 0 Å². The molecule has 1 aliphatic heterocycles. The van der Waals surface area contributed by atoms with Crippen molar-refractivity contribution >= 4 is 5.97 Å². The van der Waals surface area contributed by atoms with E-state index in [1.54, 1.807) is 0 Å². The summed E-state index contributed by atoms with van der Waals surface area (Å²) in [5.41, 5.74) is 0.916. The first-order valence-electron chi connectivity index (χ1n) is 6.27. The number of benzene rings is 1. The number of carbonyl (C=O) groups is 1. The predicted molar refractivity (Wildman–Crippen MR) is 67.1 cm³/mol. The SMILES string of the molecule is O=C(O)C(CCN1CCCC1)c1ccccc1. The molecule has 0 saturated carbocycles. The third-order valence-corrected chi connectivity index (χ3v) is 3.43. The van der Waals surface area contributed by atoms with E-state index in [2.05, 4.69) is 4.90 Å². The lowest BCUT2D eigenvalue weighted by Crippen LogP contribution is -2.24. The van der Waals surface area contributed by atoms with Gasteiger partial charge in [-0.05, 0) is 44.5 Å². The van der Waals surface area contributed by atoms with Crippen molar-refractivity contribution in [3.8, 4) is 0 Å². The highest BCUT2D eigenvalue weighted by Gasteiger charge is 2.21. The van der Waals surface area contributed by atoms with Crippen LogP contribution in [0.15, 0.2) is 30.3 Å². The molecule has 0 aliphatic carbocycles. The number of hydrogen-bond donors (Lipinski definition) is 1. The van der Waals surface area contributed by atoms with Crippen LogP contribution >= 0.6 is 0 Å². The van der Waals surface area contributed by atoms with Gasteiger partial charge >= 0.3 is 5.97 Å². The van der Waals surface area contributed by atoms with Gasteiger partial charge in [-0.25, -0.2) is 0 Å². The van der Waals surface area contributed by atoms with Crippen molar-refractivity contribution in [2.75, 3.05) is 19.6 Å². The molecule has 92 valence electrons. The Morgan fingerprint density at radius 3 is 2.47 bits per heavy atom. The molecule has 0 bridgehead atoms. The molecule has 1 heterocycles. The lowest BCUT2D eigenvalue weighted by molar-refractivity contribution is -0.139. The third kappa shape index (κ3) is 3.30. The number of carboxylic acid groups (broad SMARTS) is 1. The van der Waals surface area contributed by atoms with Crippen molar-refractivity contribution in [3.63, 3.8) is 0 Å². The van der Waals surface area contributed by atoms with E-state index in [1.165, 1.54) is 12.8 Å². The maximum atomic E-state index is 11.3. The molecule has 2 rings (SSSR count). The molecular formula is C14H19NO2. The Morgan fingerprint density at radius 2 is 1.88 bits per heavy atom. The summed E-state index contributed by atoms with van der Waals surface area (Å²) in [6.45, 7) is 3.15. The fraction of sp³-hybridized carbons (Fsp3) is 0.500. The summed E-state index contributed by atoms with van der Waals surface area (Å²) in [5, 5.41) is 9.28. The Balaban J connectivity index is 1.95. The van der Waals surface area contributed by atoms with Crippen molar-refractivity contribution in [1.29, 1.82) is 0 Å². The van der Waals surface area contributed by atoms with Crippen molar-refractivity contribution in [2.24, 2.45) is 0 Å². The van der Waals surface area contributed by atoms with Gasteiger partial charge in [-0.1, -0.05) is 30.3 Å². The quantitative estimate of drug-likeness (QED) is 0.848. The average molecular weight is 233 g/mol. The molecule has 1 unspecified atom stereocenters. The monoisotopic (exact) mass is 233 g/mol. The van der Waals surface area contributed by atoms with Gasteiger partial charge in [0.1, 0.15) is 0 Å². The normalized spacial score (nSPS) is 18.1. The largest absolute Gasteiger partial charge is 0.481 e. The zero-order chi connectivity index (χ0) is 12.1. The Kier molecular flexibility index (Phi) is 4.15. The van der Waals surface area contributed by atoms with Gasteiger partial charge in [-0.2, -0.15) is 0 Å². The molecule has 1 aliphatic rings. The second kappa shape index (κ2) is 5.82. The predicted octanol–water partition coefficient (Wildman–Crippen LogP) is 2.34. The number of rotatable bonds is 5. The molecule has 0 aromatic heterocycles. The molecule has 17 heavy (non-hydrogen) atoms. The van der Waals surface area contributed by atoms with E-state index >= 15 is 0 Å². The topological polar surface area (TPSA) is 40.5 Å². The van der Waals surface area contributed by atoms with E-state index in [9.17, 15) is 9.90 Å². The number of nitrogens with zero attached hydrogens (tertiary/aromatic N) is 1. The van der Waals surface area contributed by atoms with Crippen LogP contribution < -0.4 is 0 Å². The molecule has 3 heteroatoms. The number of hydrogen-bond acceptors (Lipinski definition) is 2. The van der Waals surface area contributed by atoms with Crippen LogP contribution in [-0.2, 0) is 4.79 Å².